The smallest absolute Gasteiger partial charge is 0.189 e. The molecule has 11 heteroatoms. The Morgan fingerprint density at radius 2 is 1.17 bits per heavy atom. The van der Waals surface area contributed by atoms with Crippen molar-refractivity contribution in [3.63, 3.8) is 0 Å². The van der Waals surface area contributed by atoms with Crippen molar-refractivity contribution in [2.75, 3.05) is 13.2 Å². The lowest BCUT2D eigenvalue weighted by Gasteiger charge is -2.44. The normalized spacial score (nSPS) is 51.7. The molecule has 0 radical (unpaired) electrons. The molecule has 2 aliphatic heterocycles. The highest BCUT2D eigenvalue weighted by atomic mass is 19.1. The van der Waals surface area contributed by atoms with E-state index in [0.717, 1.165) is 0 Å². The van der Waals surface area contributed by atoms with Gasteiger partial charge in [-0.25, -0.2) is 4.39 Å². The van der Waals surface area contributed by atoms with Crippen molar-refractivity contribution in [2.24, 2.45) is 0 Å². The summed E-state index contributed by atoms with van der Waals surface area (Å²) in [6.07, 6.45) is -16.9. The maximum atomic E-state index is 13.6. The summed E-state index contributed by atoms with van der Waals surface area (Å²) in [4.78, 5) is 0. The molecule has 136 valence electrons. The summed E-state index contributed by atoms with van der Waals surface area (Å²) >= 11 is 0. The quantitative estimate of drug-likeness (QED) is 0.264. The van der Waals surface area contributed by atoms with Crippen LogP contribution in [-0.2, 0) is 14.2 Å². The van der Waals surface area contributed by atoms with Crippen LogP contribution in [0.5, 0.6) is 0 Å². The molecule has 2 aliphatic rings. The van der Waals surface area contributed by atoms with Crippen LogP contribution >= 0.6 is 0 Å². The fourth-order valence-corrected chi connectivity index (χ4v) is 2.47. The van der Waals surface area contributed by atoms with Crippen molar-refractivity contribution >= 4 is 0 Å². The van der Waals surface area contributed by atoms with Crippen molar-refractivity contribution in [3.8, 4) is 0 Å². The van der Waals surface area contributed by atoms with Crippen LogP contribution in [0.4, 0.5) is 4.39 Å². The first-order chi connectivity index (χ1) is 10.8. The van der Waals surface area contributed by atoms with Crippen LogP contribution < -0.4 is 0 Å². The fourth-order valence-electron chi connectivity index (χ4n) is 2.47. The van der Waals surface area contributed by atoms with Crippen molar-refractivity contribution < 1.29 is 54.3 Å². The number of ether oxygens (including phenoxy) is 3. The van der Waals surface area contributed by atoms with E-state index in [4.69, 9.17) is 24.4 Å². The van der Waals surface area contributed by atoms with E-state index < -0.39 is 74.7 Å². The van der Waals surface area contributed by atoms with Crippen LogP contribution in [0.25, 0.3) is 0 Å². The van der Waals surface area contributed by atoms with Gasteiger partial charge < -0.3 is 50.0 Å². The first kappa shape index (κ1) is 18.9. The highest BCUT2D eigenvalue weighted by Crippen LogP contribution is 2.28. The van der Waals surface area contributed by atoms with Gasteiger partial charge in [0, 0.05) is 0 Å². The molecule has 2 fully saturated rings. The zero-order chi connectivity index (χ0) is 17.3. The molecule has 0 amide bonds. The monoisotopic (exact) mass is 344 g/mol. The van der Waals surface area contributed by atoms with Crippen molar-refractivity contribution in [1.82, 2.24) is 0 Å². The van der Waals surface area contributed by atoms with E-state index in [1.54, 1.807) is 0 Å². The van der Waals surface area contributed by atoms with E-state index in [2.05, 4.69) is 0 Å². The maximum absolute atomic E-state index is 13.6. The fraction of sp³-hybridized carbons (Fsp3) is 1.00. The Morgan fingerprint density at radius 3 is 1.70 bits per heavy atom. The summed E-state index contributed by atoms with van der Waals surface area (Å²) in [6, 6.07) is 0. The van der Waals surface area contributed by atoms with Crippen molar-refractivity contribution in [3.05, 3.63) is 0 Å². The van der Waals surface area contributed by atoms with E-state index in [1.165, 1.54) is 0 Å². The second kappa shape index (κ2) is 7.61. The minimum atomic E-state index is -2.05. The number of aliphatic hydroxyl groups is 7. The van der Waals surface area contributed by atoms with Crippen molar-refractivity contribution in [2.45, 2.75) is 61.5 Å². The first-order valence-corrected chi connectivity index (χ1v) is 7.04. The Hall–Kier alpha value is -0.470. The first-order valence-electron chi connectivity index (χ1n) is 7.04. The third kappa shape index (κ3) is 3.64. The van der Waals surface area contributed by atoms with Gasteiger partial charge in [0.2, 0.25) is 0 Å². The molecule has 4 unspecified atom stereocenters. The summed E-state index contributed by atoms with van der Waals surface area (Å²) in [7, 11) is 0. The maximum Gasteiger partial charge on any atom is 0.189 e. The molecule has 2 heterocycles. The van der Waals surface area contributed by atoms with Crippen LogP contribution in [0.3, 0.4) is 0 Å². The van der Waals surface area contributed by atoms with Crippen LogP contribution in [0, 0.1) is 0 Å². The Labute approximate surface area is 130 Å². The number of aliphatic hydroxyl groups excluding tert-OH is 7. The van der Waals surface area contributed by atoms with E-state index in [-0.39, 0.29) is 0 Å². The molecule has 0 aromatic heterocycles. The van der Waals surface area contributed by atoms with Gasteiger partial charge >= 0.3 is 0 Å². The molecule has 2 rings (SSSR count). The lowest BCUT2D eigenvalue weighted by molar-refractivity contribution is -0.373. The number of alkyl halides is 1. The summed E-state index contributed by atoms with van der Waals surface area (Å²) in [5.74, 6) is 0. The predicted molar refractivity (Wildman–Crippen MR) is 67.5 cm³/mol. The van der Waals surface area contributed by atoms with Gasteiger partial charge in [-0.05, 0) is 0 Å². The molecule has 0 aromatic carbocycles. The van der Waals surface area contributed by atoms with Crippen LogP contribution in [0.2, 0.25) is 0 Å². The summed E-state index contributed by atoms with van der Waals surface area (Å²) < 4.78 is 28.7. The van der Waals surface area contributed by atoms with Gasteiger partial charge in [-0.15, -0.1) is 0 Å². The molecular formula is C12H21FO10. The molecule has 0 aromatic rings. The highest BCUT2D eigenvalue weighted by Gasteiger charge is 2.50. The summed E-state index contributed by atoms with van der Waals surface area (Å²) in [5, 5.41) is 66.5. The Bertz CT molecular complexity index is 349. The Balaban J connectivity index is 2.07. The third-order valence-electron chi connectivity index (χ3n) is 3.92. The minimum Gasteiger partial charge on any atom is -0.394 e. The van der Waals surface area contributed by atoms with Crippen LogP contribution in [0.15, 0.2) is 0 Å². The largest absolute Gasteiger partial charge is 0.394 e. The van der Waals surface area contributed by atoms with Crippen molar-refractivity contribution in [1.29, 1.82) is 0 Å². The van der Waals surface area contributed by atoms with Gasteiger partial charge in [0.05, 0.1) is 13.2 Å². The summed E-state index contributed by atoms with van der Waals surface area (Å²) in [5.41, 5.74) is 0. The minimum absolute atomic E-state index is 0.687. The van der Waals surface area contributed by atoms with Gasteiger partial charge in [-0.2, -0.15) is 0 Å². The lowest BCUT2D eigenvalue weighted by atomic mass is 9.98. The second-order valence-electron chi connectivity index (χ2n) is 5.48. The van der Waals surface area contributed by atoms with E-state index in [1.807, 2.05) is 0 Å². The topological polar surface area (TPSA) is 169 Å². The lowest BCUT2D eigenvalue weighted by Crippen LogP contribution is -2.63. The van der Waals surface area contributed by atoms with Gasteiger partial charge in [0.1, 0.15) is 42.7 Å². The molecule has 23 heavy (non-hydrogen) atoms. The standard InChI is InChI=1S/C12H21FO10/c13-5-3(1-14)21-11(9(19)7(5)17)23-12-10(20)8(18)6(16)4(2-15)22-12/h3-12,14-20H,1-2H2/t3?,4-,5+,6-,7+,8?,9?,10?,11-,12-/m1/s1. The average Bonchev–Trinajstić information content (AvgIpc) is 2.55. The molecule has 0 saturated carbocycles. The second-order valence-corrected chi connectivity index (χ2v) is 5.48. The zero-order valence-corrected chi connectivity index (χ0v) is 11.9. The SMILES string of the molecule is OCC1O[C@H](O[C@H]2O[C@H](CO)[C@@H](O)C(O)C2O)C(O)[C@@H](O)[C@H]1F. The highest BCUT2D eigenvalue weighted by molar-refractivity contribution is 4.92. The molecule has 7 N–H and O–H groups in total. The number of hydrogen-bond acceptors (Lipinski definition) is 10. The van der Waals surface area contributed by atoms with E-state index >= 15 is 0 Å². The number of rotatable bonds is 4. The van der Waals surface area contributed by atoms with Gasteiger partial charge in [-0.3, -0.25) is 0 Å². The number of halogens is 1. The zero-order valence-electron chi connectivity index (χ0n) is 11.9. The Kier molecular flexibility index (Phi) is 6.24. The molecule has 10 nitrogen and oxygen atoms in total. The van der Waals surface area contributed by atoms with Gasteiger partial charge in [0.25, 0.3) is 0 Å². The molecule has 0 spiro atoms. The molecule has 10 atom stereocenters. The van der Waals surface area contributed by atoms with Gasteiger partial charge in [-0.1, -0.05) is 0 Å². The summed E-state index contributed by atoms with van der Waals surface area (Å²) in [6.45, 7) is -1.48. The molecule has 0 aliphatic carbocycles. The van der Waals surface area contributed by atoms with Crippen LogP contribution in [-0.4, -0.2) is 110 Å². The Morgan fingerprint density at radius 1 is 0.696 bits per heavy atom. The van der Waals surface area contributed by atoms with Gasteiger partial charge in [0.15, 0.2) is 18.8 Å². The number of hydrogen-bond donors (Lipinski definition) is 7. The molecule has 0 bridgehead atoms. The molecule has 2 saturated heterocycles. The van der Waals surface area contributed by atoms with E-state index in [0.29, 0.717) is 0 Å². The molecular weight excluding hydrogens is 323 g/mol. The van der Waals surface area contributed by atoms with E-state index in [9.17, 15) is 29.9 Å². The third-order valence-corrected chi connectivity index (χ3v) is 3.92. The predicted octanol–water partition coefficient (Wildman–Crippen LogP) is -4.42. The average molecular weight is 344 g/mol. The van der Waals surface area contributed by atoms with Crippen LogP contribution in [0.1, 0.15) is 0 Å².